The Bertz CT molecular complexity index is 529. The summed E-state index contributed by atoms with van der Waals surface area (Å²) in [7, 11) is 0. The summed E-state index contributed by atoms with van der Waals surface area (Å²) >= 11 is 1.87. The molecule has 20 heavy (non-hydrogen) atoms. The second-order valence-corrected chi connectivity index (χ2v) is 6.72. The number of Topliss-reactive ketones (excluding diaryl/α,β-unsaturated/α-hetero) is 1. The minimum atomic E-state index is -0.416. The molecule has 0 amide bonds. The Kier molecular flexibility index (Phi) is 3.73. The van der Waals surface area contributed by atoms with Gasteiger partial charge in [0.25, 0.3) is 0 Å². The van der Waals surface area contributed by atoms with Crippen LogP contribution < -0.4 is 5.73 Å². The van der Waals surface area contributed by atoms with Crippen molar-refractivity contribution in [3.63, 3.8) is 0 Å². The lowest BCUT2D eigenvalue weighted by Gasteiger charge is -2.37. The summed E-state index contributed by atoms with van der Waals surface area (Å²) in [5.74, 6) is 1.48. The van der Waals surface area contributed by atoms with Crippen LogP contribution in [0.2, 0.25) is 0 Å². The second-order valence-electron chi connectivity index (χ2n) is 5.62. The molecule has 1 aromatic carbocycles. The minimum absolute atomic E-state index is 0.0402. The fraction of sp³-hybridized carbons (Fsp3) is 0.533. The molecule has 0 aliphatic carbocycles. The average molecular weight is 295 g/mol. The van der Waals surface area contributed by atoms with Crippen molar-refractivity contribution in [3.8, 4) is 0 Å². The third-order valence-corrected chi connectivity index (χ3v) is 5.43. The van der Waals surface area contributed by atoms with Gasteiger partial charge in [0.2, 0.25) is 0 Å². The standard InChI is InChI=1S/C15H18FNO2S/c16-11-1-2-13(17)12(7-11)14(18)10-3-5-19-15(8-10)4-6-20-9-15/h1-2,7,10H,3-6,8-9,17H2. The first-order valence-corrected chi connectivity index (χ1v) is 8.06. The fourth-order valence-corrected chi connectivity index (χ4v) is 4.45. The highest BCUT2D eigenvalue weighted by molar-refractivity contribution is 7.99. The van der Waals surface area contributed by atoms with Crippen molar-refractivity contribution in [1.82, 2.24) is 0 Å². The molecule has 0 bridgehead atoms. The van der Waals surface area contributed by atoms with Crippen LogP contribution in [0.15, 0.2) is 18.2 Å². The highest BCUT2D eigenvalue weighted by Gasteiger charge is 2.42. The number of ketones is 1. The van der Waals surface area contributed by atoms with Crippen molar-refractivity contribution in [2.75, 3.05) is 23.8 Å². The van der Waals surface area contributed by atoms with Crippen LogP contribution in [0, 0.1) is 11.7 Å². The topological polar surface area (TPSA) is 52.3 Å². The molecule has 0 aromatic heterocycles. The van der Waals surface area contributed by atoms with Gasteiger partial charge in [0.15, 0.2) is 5.78 Å². The molecule has 0 radical (unpaired) electrons. The number of thioether (sulfide) groups is 1. The Hall–Kier alpha value is -1.07. The van der Waals surface area contributed by atoms with E-state index in [1.165, 1.54) is 18.2 Å². The van der Waals surface area contributed by atoms with Gasteiger partial charge >= 0.3 is 0 Å². The van der Waals surface area contributed by atoms with E-state index < -0.39 is 5.82 Å². The maximum Gasteiger partial charge on any atom is 0.168 e. The van der Waals surface area contributed by atoms with Gasteiger partial charge in [-0.2, -0.15) is 11.8 Å². The lowest BCUT2D eigenvalue weighted by Crippen LogP contribution is -2.42. The Labute approximate surface area is 122 Å². The Morgan fingerprint density at radius 3 is 3.10 bits per heavy atom. The molecule has 1 aromatic rings. The summed E-state index contributed by atoms with van der Waals surface area (Å²) < 4.78 is 19.3. The van der Waals surface area contributed by atoms with Gasteiger partial charge in [-0.1, -0.05) is 0 Å². The van der Waals surface area contributed by atoms with Gasteiger partial charge in [-0.3, -0.25) is 4.79 Å². The molecule has 2 aliphatic rings. The quantitative estimate of drug-likeness (QED) is 0.673. The summed E-state index contributed by atoms with van der Waals surface area (Å²) in [4.78, 5) is 12.6. The van der Waals surface area contributed by atoms with E-state index in [0.717, 1.165) is 24.3 Å². The van der Waals surface area contributed by atoms with Crippen LogP contribution in [0.5, 0.6) is 0 Å². The van der Waals surface area contributed by atoms with Crippen LogP contribution in [0.1, 0.15) is 29.6 Å². The lowest BCUT2D eigenvalue weighted by atomic mass is 9.81. The van der Waals surface area contributed by atoms with E-state index in [0.29, 0.717) is 24.3 Å². The molecule has 2 fully saturated rings. The molecule has 3 rings (SSSR count). The Morgan fingerprint density at radius 1 is 1.50 bits per heavy atom. The van der Waals surface area contributed by atoms with Gasteiger partial charge in [-0.15, -0.1) is 0 Å². The van der Waals surface area contributed by atoms with E-state index in [4.69, 9.17) is 10.5 Å². The smallest absolute Gasteiger partial charge is 0.168 e. The van der Waals surface area contributed by atoms with Crippen LogP contribution in [0.25, 0.3) is 0 Å². The second kappa shape index (κ2) is 5.37. The van der Waals surface area contributed by atoms with E-state index in [1.807, 2.05) is 11.8 Å². The van der Waals surface area contributed by atoms with Gasteiger partial charge in [0.1, 0.15) is 5.82 Å². The van der Waals surface area contributed by atoms with Crippen LogP contribution in [-0.4, -0.2) is 29.5 Å². The highest BCUT2D eigenvalue weighted by Crippen LogP contribution is 2.41. The third-order valence-electron chi connectivity index (χ3n) is 4.21. The van der Waals surface area contributed by atoms with E-state index in [9.17, 15) is 9.18 Å². The Morgan fingerprint density at radius 2 is 2.35 bits per heavy atom. The van der Waals surface area contributed by atoms with E-state index >= 15 is 0 Å². The third kappa shape index (κ3) is 2.56. The number of halogens is 1. The first kappa shape index (κ1) is 13.9. The number of hydrogen-bond acceptors (Lipinski definition) is 4. The van der Waals surface area contributed by atoms with E-state index in [2.05, 4.69) is 0 Å². The molecule has 5 heteroatoms. The van der Waals surface area contributed by atoms with Gasteiger partial charge < -0.3 is 10.5 Å². The molecule has 2 saturated heterocycles. The number of carbonyl (C=O) groups excluding carboxylic acids is 1. The summed E-state index contributed by atoms with van der Waals surface area (Å²) in [6, 6.07) is 4.00. The summed E-state index contributed by atoms with van der Waals surface area (Å²) in [6.45, 7) is 0.603. The number of hydrogen-bond donors (Lipinski definition) is 1. The number of anilines is 1. The molecule has 2 unspecified atom stereocenters. The van der Waals surface area contributed by atoms with Crippen molar-refractivity contribution in [2.45, 2.75) is 24.9 Å². The highest BCUT2D eigenvalue weighted by atomic mass is 32.2. The molecule has 1 spiro atoms. The van der Waals surface area contributed by atoms with Crippen LogP contribution in [0.4, 0.5) is 10.1 Å². The number of rotatable bonds is 2. The largest absolute Gasteiger partial charge is 0.398 e. The normalized spacial score (nSPS) is 29.8. The SMILES string of the molecule is Nc1ccc(F)cc1C(=O)C1CCOC2(CCSC2)C1. The zero-order valence-electron chi connectivity index (χ0n) is 11.2. The molecule has 108 valence electrons. The van der Waals surface area contributed by atoms with Crippen LogP contribution in [-0.2, 0) is 4.74 Å². The van der Waals surface area contributed by atoms with Crippen molar-refractivity contribution in [1.29, 1.82) is 0 Å². The molecule has 2 atom stereocenters. The predicted octanol–water partition coefficient (Wildman–Crippen LogP) is 2.89. The molecule has 2 N–H and O–H groups in total. The fourth-order valence-electron chi connectivity index (χ4n) is 3.08. The van der Waals surface area contributed by atoms with Crippen molar-refractivity contribution in [3.05, 3.63) is 29.6 Å². The number of ether oxygens (including phenoxy) is 1. The van der Waals surface area contributed by atoms with Gasteiger partial charge in [0.05, 0.1) is 5.60 Å². The minimum Gasteiger partial charge on any atom is -0.398 e. The number of benzene rings is 1. The molecule has 0 saturated carbocycles. The molecular weight excluding hydrogens is 277 g/mol. The molecular formula is C15H18FNO2S. The van der Waals surface area contributed by atoms with Gasteiger partial charge in [-0.05, 0) is 43.2 Å². The predicted molar refractivity (Wildman–Crippen MR) is 78.5 cm³/mol. The van der Waals surface area contributed by atoms with Crippen LogP contribution >= 0.6 is 11.8 Å². The zero-order chi connectivity index (χ0) is 14.2. The number of nitrogens with two attached hydrogens (primary N) is 1. The Balaban J connectivity index is 1.81. The first-order valence-electron chi connectivity index (χ1n) is 6.91. The number of nitrogen functional groups attached to an aromatic ring is 1. The summed E-state index contributed by atoms with van der Waals surface area (Å²) in [6.07, 6.45) is 2.43. The maximum atomic E-state index is 13.3. The average Bonchev–Trinajstić information content (AvgIpc) is 2.88. The van der Waals surface area contributed by atoms with Gasteiger partial charge in [-0.25, -0.2) is 4.39 Å². The summed E-state index contributed by atoms with van der Waals surface area (Å²) in [5, 5.41) is 0. The zero-order valence-corrected chi connectivity index (χ0v) is 12.0. The molecule has 2 aliphatic heterocycles. The van der Waals surface area contributed by atoms with Gasteiger partial charge in [0, 0.05) is 29.5 Å². The monoisotopic (exact) mass is 295 g/mol. The van der Waals surface area contributed by atoms with E-state index in [-0.39, 0.29) is 17.3 Å². The van der Waals surface area contributed by atoms with Crippen molar-refractivity contribution >= 4 is 23.2 Å². The maximum absolute atomic E-state index is 13.3. The number of carbonyl (C=O) groups is 1. The van der Waals surface area contributed by atoms with E-state index in [1.54, 1.807) is 0 Å². The van der Waals surface area contributed by atoms with Crippen molar-refractivity contribution in [2.24, 2.45) is 5.92 Å². The lowest BCUT2D eigenvalue weighted by molar-refractivity contribution is -0.0734. The van der Waals surface area contributed by atoms with Crippen molar-refractivity contribution < 1.29 is 13.9 Å². The first-order chi connectivity index (χ1) is 9.60. The van der Waals surface area contributed by atoms with Crippen LogP contribution in [0.3, 0.4) is 0 Å². The summed E-state index contributed by atoms with van der Waals surface area (Å²) in [5.41, 5.74) is 6.35. The molecule has 2 heterocycles. The molecule has 3 nitrogen and oxygen atoms in total.